The molecule has 2 aromatic heterocycles. The smallest absolute Gasteiger partial charge is 0.447 e. The van der Waals surface area contributed by atoms with Crippen LogP contribution in [0.1, 0.15) is 25.0 Å². The number of sulfone groups is 1. The number of nitrogens with zero attached hydrogens (tertiary/aromatic N) is 3. The number of methoxy groups -OCH3 is 1. The van der Waals surface area contributed by atoms with Crippen molar-refractivity contribution in [2.45, 2.75) is 52.2 Å². The van der Waals surface area contributed by atoms with E-state index in [1.807, 2.05) is 11.9 Å². The molecule has 3 aromatic rings. The number of halogens is 4. The Morgan fingerprint density at radius 3 is 2.66 bits per heavy atom. The van der Waals surface area contributed by atoms with E-state index in [2.05, 4.69) is 27.5 Å². The van der Waals surface area contributed by atoms with Crippen LogP contribution in [0, 0.1) is 11.8 Å². The highest BCUT2D eigenvalue weighted by Crippen LogP contribution is 2.40. The fraction of sp³-hybridized carbons (Fsp3) is 0.444. The maximum absolute atomic E-state index is 14.7. The number of hydrogen-bond acceptors (Lipinski definition) is 8. The van der Waals surface area contributed by atoms with Crippen molar-refractivity contribution in [1.29, 1.82) is 0 Å². The number of thioether (sulfide) groups is 1. The number of benzene rings is 1. The number of ether oxygens (including phenoxy) is 1. The third-order valence-electron chi connectivity index (χ3n) is 6.94. The first-order valence-electron chi connectivity index (χ1n) is 13.0. The number of aromatic nitrogens is 2. The summed E-state index contributed by atoms with van der Waals surface area (Å²) >= 11 is -0.317. The SMILES string of the molecule is COc1cc(S(=O)(=O)C2CC2)ccc1NCC#Cc1nc2c(N[C@@H]3CCN(C)C[C@@H]3F)cccn2c1SC(F)(F)F. The second-order valence-electron chi connectivity index (χ2n) is 10.0. The van der Waals surface area contributed by atoms with Gasteiger partial charge >= 0.3 is 5.51 Å². The van der Waals surface area contributed by atoms with Crippen LogP contribution in [-0.2, 0) is 9.84 Å². The summed E-state index contributed by atoms with van der Waals surface area (Å²) in [7, 11) is -0.144. The number of piperidine rings is 1. The minimum atomic E-state index is -4.58. The van der Waals surface area contributed by atoms with Gasteiger partial charge in [-0.25, -0.2) is 17.8 Å². The van der Waals surface area contributed by atoms with Crippen LogP contribution >= 0.6 is 11.8 Å². The number of nitrogens with one attached hydrogen (secondary N) is 2. The summed E-state index contributed by atoms with van der Waals surface area (Å²) in [6.45, 7) is 0.982. The van der Waals surface area contributed by atoms with Crippen LogP contribution in [0.15, 0.2) is 46.5 Å². The van der Waals surface area contributed by atoms with Gasteiger partial charge in [0.25, 0.3) is 0 Å². The summed E-state index contributed by atoms with van der Waals surface area (Å²) in [4.78, 5) is 6.46. The molecule has 1 saturated heterocycles. The summed E-state index contributed by atoms with van der Waals surface area (Å²) in [5.74, 6) is 5.83. The maximum Gasteiger partial charge on any atom is 0.447 e. The average molecular weight is 612 g/mol. The molecule has 0 bridgehead atoms. The summed E-state index contributed by atoms with van der Waals surface area (Å²) in [5.41, 5.74) is -3.52. The number of likely N-dealkylation sites (tertiary alicyclic amines) is 1. The Hall–Kier alpha value is -3.15. The summed E-state index contributed by atoms with van der Waals surface area (Å²) < 4.78 is 86.9. The van der Waals surface area contributed by atoms with E-state index in [1.165, 1.54) is 29.8 Å². The Bertz CT molecular complexity index is 1600. The maximum atomic E-state index is 14.7. The Kier molecular flexibility index (Phi) is 8.31. The zero-order valence-corrected chi connectivity index (χ0v) is 24.0. The summed E-state index contributed by atoms with van der Waals surface area (Å²) in [5, 5.41) is 5.60. The lowest BCUT2D eigenvalue weighted by Gasteiger charge is -2.33. The van der Waals surface area contributed by atoms with Crippen LogP contribution < -0.4 is 15.4 Å². The normalized spacial score (nSPS) is 20.0. The van der Waals surface area contributed by atoms with Gasteiger partial charge in [0.05, 0.1) is 41.2 Å². The van der Waals surface area contributed by atoms with E-state index < -0.39 is 27.6 Å². The van der Waals surface area contributed by atoms with E-state index in [9.17, 15) is 26.0 Å². The second kappa shape index (κ2) is 11.6. The van der Waals surface area contributed by atoms with Gasteiger partial charge in [0.2, 0.25) is 0 Å². The van der Waals surface area contributed by atoms with E-state index in [-0.39, 0.29) is 51.4 Å². The highest BCUT2D eigenvalue weighted by atomic mass is 32.2. The molecule has 2 aliphatic rings. The van der Waals surface area contributed by atoms with E-state index in [0.717, 1.165) is 0 Å². The van der Waals surface area contributed by atoms with Gasteiger partial charge in [-0.2, -0.15) is 13.2 Å². The molecule has 0 unspecified atom stereocenters. The molecule has 2 fully saturated rings. The fourth-order valence-corrected chi connectivity index (χ4v) is 7.03. The largest absolute Gasteiger partial charge is 0.495 e. The monoisotopic (exact) mass is 611 g/mol. The topological polar surface area (TPSA) is 88.0 Å². The van der Waals surface area contributed by atoms with Gasteiger partial charge in [-0.05, 0) is 56.5 Å². The average Bonchev–Trinajstić information content (AvgIpc) is 3.72. The highest BCUT2D eigenvalue weighted by Gasteiger charge is 2.37. The van der Waals surface area contributed by atoms with Crippen molar-refractivity contribution < 1.29 is 30.7 Å². The van der Waals surface area contributed by atoms with Crippen LogP contribution in [0.4, 0.5) is 28.9 Å². The van der Waals surface area contributed by atoms with Crippen LogP contribution in [0.2, 0.25) is 0 Å². The van der Waals surface area contributed by atoms with E-state index in [0.29, 0.717) is 42.9 Å². The van der Waals surface area contributed by atoms with Gasteiger partial charge in [0, 0.05) is 37.1 Å². The van der Waals surface area contributed by atoms with Crippen LogP contribution in [0.5, 0.6) is 5.75 Å². The van der Waals surface area contributed by atoms with Gasteiger partial charge in [-0.15, -0.1) is 0 Å². The quantitative estimate of drug-likeness (QED) is 0.213. The van der Waals surface area contributed by atoms with Crippen LogP contribution in [0.3, 0.4) is 0 Å². The molecular formula is C27H29F4N5O3S2. The first-order chi connectivity index (χ1) is 19.5. The van der Waals surface area contributed by atoms with E-state index in [1.54, 1.807) is 18.2 Å². The minimum Gasteiger partial charge on any atom is -0.495 e. The number of hydrogen-bond donors (Lipinski definition) is 2. The van der Waals surface area contributed by atoms with Crippen molar-refractivity contribution in [2.24, 2.45) is 0 Å². The molecule has 14 heteroatoms. The molecule has 5 rings (SSSR count). The summed E-state index contributed by atoms with van der Waals surface area (Å²) in [6, 6.07) is 7.26. The molecule has 1 aromatic carbocycles. The Morgan fingerprint density at radius 2 is 1.98 bits per heavy atom. The minimum absolute atomic E-state index is 0.0271. The number of rotatable bonds is 8. The number of alkyl halides is 4. The van der Waals surface area contributed by atoms with E-state index >= 15 is 0 Å². The third-order valence-corrected chi connectivity index (χ3v) is 10.0. The van der Waals surface area contributed by atoms with Crippen LogP contribution in [-0.4, -0.2) is 79.5 Å². The van der Waals surface area contributed by atoms with Crippen molar-refractivity contribution in [3.8, 4) is 17.6 Å². The van der Waals surface area contributed by atoms with E-state index in [4.69, 9.17) is 4.74 Å². The predicted octanol–water partition coefficient (Wildman–Crippen LogP) is 4.81. The Labute approximate surface area is 239 Å². The first kappa shape index (κ1) is 29.3. The number of fused-ring (bicyclic) bond motifs is 1. The molecule has 1 aliphatic carbocycles. The Morgan fingerprint density at radius 1 is 1.20 bits per heavy atom. The number of imidazole rings is 1. The lowest BCUT2D eigenvalue weighted by Crippen LogP contribution is -2.46. The van der Waals surface area contributed by atoms with Crippen molar-refractivity contribution in [3.63, 3.8) is 0 Å². The first-order valence-corrected chi connectivity index (χ1v) is 15.3. The Balaban J connectivity index is 1.38. The van der Waals surface area contributed by atoms with Crippen molar-refractivity contribution in [3.05, 3.63) is 42.2 Å². The molecule has 3 heterocycles. The zero-order valence-electron chi connectivity index (χ0n) is 22.3. The molecule has 0 amide bonds. The molecule has 1 aliphatic heterocycles. The van der Waals surface area contributed by atoms with Gasteiger partial charge < -0.3 is 20.3 Å². The van der Waals surface area contributed by atoms with Crippen molar-refractivity contribution in [2.75, 3.05) is 44.4 Å². The number of pyridine rings is 1. The molecule has 41 heavy (non-hydrogen) atoms. The zero-order chi connectivity index (χ0) is 29.4. The van der Waals surface area contributed by atoms with Crippen molar-refractivity contribution >= 4 is 38.6 Å². The molecule has 220 valence electrons. The highest BCUT2D eigenvalue weighted by molar-refractivity contribution is 8.00. The predicted molar refractivity (Wildman–Crippen MR) is 150 cm³/mol. The van der Waals surface area contributed by atoms with Gasteiger partial charge in [-0.3, -0.25) is 4.40 Å². The van der Waals surface area contributed by atoms with Crippen LogP contribution in [0.25, 0.3) is 5.65 Å². The molecule has 0 radical (unpaired) electrons. The molecular weight excluding hydrogens is 582 g/mol. The fourth-order valence-electron chi connectivity index (χ4n) is 4.70. The lowest BCUT2D eigenvalue weighted by atomic mass is 10.0. The summed E-state index contributed by atoms with van der Waals surface area (Å²) in [6.07, 6.45) is 2.15. The number of anilines is 2. The van der Waals surface area contributed by atoms with Gasteiger partial charge in [0.1, 0.15) is 22.6 Å². The molecule has 0 spiro atoms. The second-order valence-corrected chi connectivity index (χ2v) is 13.3. The third kappa shape index (κ3) is 6.68. The van der Waals surface area contributed by atoms with Gasteiger partial charge in [0.15, 0.2) is 15.5 Å². The molecule has 1 saturated carbocycles. The molecule has 8 nitrogen and oxygen atoms in total. The van der Waals surface area contributed by atoms with Crippen molar-refractivity contribution in [1.82, 2.24) is 14.3 Å². The molecule has 2 N–H and O–H groups in total. The molecule has 2 atom stereocenters. The lowest BCUT2D eigenvalue weighted by molar-refractivity contribution is -0.0329. The van der Waals surface area contributed by atoms with Gasteiger partial charge in [-0.1, -0.05) is 5.92 Å². The standard InChI is InChI=1S/C27H29F4N5O3S2/c1-35-14-11-20(19(28)16-35)33-22-6-4-13-36-25(22)34-23(26(36)40-27(29,30)31)5-3-12-32-21-10-9-18(15-24(21)39-2)41(37,38)17-7-8-17/h4,6,9-10,13,15,17,19-20,32-33H,7-8,11-12,14,16H2,1-2H3/t19-,20+/m0/s1.